The number of nitrogens with zero attached hydrogens (tertiary/aromatic N) is 2. The topological polar surface area (TPSA) is 8.81 Å². The van der Waals surface area contributed by atoms with Crippen LogP contribution in [0.25, 0.3) is 11.0 Å². The van der Waals surface area contributed by atoms with E-state index in [1.165, 1.54) is 16.7 Å². The first kappa shape index (κ1) is 7.35. The maximum Gasteiger partial charge on any atom is 0.230 e. The number of pyridine rings is 1. The molecule has 2 rings (SSSR count). The van der Waals surface area contributed by atoms with Crippen molar-refractivity contribution in [3.63, 3.8) is 0 Å². The largest absolute Gasteiger partial charge is 0.343 e. The molecule has 0 bridgehead atoms. The summed E-state index contributed by atoms with van der Waals surface area (Å²) in [6.45, 7) is 2.12. The second kappa shape index (κ2) is 2.34. The number of hydrogen-bond acceptors (Lipinski definition) is 0. The third-order valence-corrected chi connectivity index (χ3v) is 2.44. The van der Waals surface area contributed by atoms with Crippen molar-refractivity contribution in [2.24, 2.45) is 14.1 Å². The molecule has 2 heterocycles. The Hall–Kier alpha value is -1.31. The van der Waals surface area contributed by atoms with Gasteiger partial charge in [0.2, 0.25) is 5.52 Å². The molecule has 0 unspecified atom stereocenters. The fourth-order valence-corrected chi connectivity index (χ4v) is 1.55. The second-order valence-electron chi connectivity index (χ2n) is 3.23. The van der Waals surface area contributed by atoms with Crippen LogP contribution in [-0.4, -0.2) is 4.57 Å². The Labute approximate surface area is 72.1 Å². The molecule has 0 radical (unpaired) electrons. The normalized spacial score (nSPS) is 10.9. The van der Waals surface area contributed by atoms with E-state index >= 15 is 0 Å². The fraction of sp³-hybridized carbons (Fsp3) is 0.300. The van der Waals surface area contributed by atoms with Crippen molar-refractivity contribution < 1.29 is 4.57 Å². The molecule has 0 spiro atoms. The minimum absolute atomic E-state index is 1.29. The molecule has 2 heteroatoms. The van der Waals surface area contributed by atoms with Gasteiger partial charge in [-0.3, -0.25) is 0 Å². The predicted molar refractivity (Wildman–Crippen MR) is 48.8 cm³/mol. The summed E-state index contributed by atoms with van der Waals surface area (Å²) in [5.41, 5.74) is 3.88. The fourth-order valence-electron chi connectivity index (χ4n) is 1.55. The molecule has 2 aromatic heterocycles. The quantitative estimate of drug-likeness (QED) is 0.515. The Morgan fingerprint density at radius 3 is 2.83 bits per heavy atom. The Kier molecular flexibility index (Phi) is 1.43. The second-order valence-corrected chi connectivity index (χ2v) is 3.23. The van der Waals surface area contributed by atoms with Crippen LogP contribution >= 0.6 is 0 Å². The third-order valence-electron chi connectivity index (χ3n) is 2.44. The molecular weight excluding hydrogens is 148 g/mol. The molecule has 0 amide bonds. The van der Waals surface area contributed by atoms with E-state index in [0.717, 1.165) is 0 Å². The summed E-state index contributed by atoms with van der Waals surface area (Å²) >= 11 is 0. The number of aromatic nitrogens is 2. The van der Waals surface area contributed by atoms with Crippen LogP contribution in [0.5, 0.6) is 0 Å². The molecule has 0 fully saturated rings. The molecule has 0 aliphatic rings. The molecule has 0 aliphatic heterocycles. The van der Waals surface area contributed by atoms with Gasteiger partial charge in [0.05, 0.1) is 0 Å². The van der Waals surface area contributed by atoms with Crippen LogP contribution < -0.4 is 4.57 Å². The Bertz CT molecular complexity index is 427. The maximum absolute atomic E-state index is 2.20. The van der Waals surface area contributed by atoms with E-state index in [1.54, 1.807) is 0 Å². The lowest BCUT2D eigenvalue weighted by molar-refractivity contribution is -0.644. The van der Waals surface area contributed by atoms with Crippen LogP contribution in [0.2, 0.25) is 0 Å². The minimum atomic E-state index is 1.29. The van der Waals surface area contributed by atoms with E-state index in [2.05, 4.69) is 54.5 Å². The first-order valence-electron chi connectivity index (χ1n) is 4.11. The molecule has 0 saturated heterocycles. The molecule has 2 nitrogen and oxygen atoms in total. The van der Waals surface area contributed by atoms with Gasteiger partial charge in [0, 0.05) is 24.9 Å². The SMILES string of the molecule is Cc1cc2c(ccc[n+]2C)n1C. The van der Waals surface area contributed by atoms with Crippen LogP contribution in [0.1, 0.15) is 5.69 Å². The van der Waals surface area contributed by atoms with Gasteiger partial charge in [0.15, 0.2) is 6.20 Å². The van der Waals surface area contributed by atoms with Gasteiger partial charge in [-0.05, 0) is 13.0 Å². The molecule has 0 aromatic carbocycles. The van der Waals surface area contributed by atoms with Gasteiger partial charge in [0.25, 0.3) is 0 Å². The van der Waals surface area contributed by atoms with Gasteiger partial charge < -0.3 is 4.57 Å². The number of aryl methyl sites for hydroxylation is 3. The number of hydrogen-bond donors (Lipinski definition) is 0. The summed E-state index contributed by atoms with van der Waals surface area (Å²) in [5.74, 6) is 0. The average Bonchev–Trinajstić information content (AvgIpc) is 2.32. The third kappa shape index (κ3) is 0.843. The van der Waals surface area contributed by atoms with Crippen molar-refractivity contribution in [3.8, 4) is 0 Å². The van der Waals surface area contributed by atoms with Crippen LogP contribution in [0.3, 0.4) is 0 Å². The van der Waals surface area contributed by atoms with Crippen molar-refractivity contribution in [3.05, 3.63) is 30.1 Å². The van der Waals surface area contributed by atoms with E-state index < -0.39 is 0 Å². The van der Waals surface area contributed by atoms with Crippen LogP contribution in [-0.2, 0) is 14.1 Å². The lowest BCUT2D eigenvalue weighted by atomic mass is 10.3. The zero-order valence-electron chi connectivity index (χ0n) is 7.70. The smallest absolute Gasteiger partial charge is 0.230 e. The average molecular weight is 161 g/mol. The Morgan fingerprint density at radius 1 is 1.42 bits per heavy atom. The summed E-state index contributed by atoms with van der Waals surface area (Å²) in [7, 11) is 4.17. The van der Waals surface area contributed by atoms with Crippen molar-refractivity contribution in [1.29, 1.82) is 0 Å². The first-order chi connectivity index (χ1) is 5.70. The van der Waals surface area contributed by atoms with Crippen molar-refractivity contribution in [1.82, 2.24) is 4.57 Å². The molecule has 0 saturated carbocycles. The molecule has 12 heavy (non-hydrogen) atoms. The molecule has 2 aromatic rings. The monoisotopic (exact) mass is 161 g/mol. The summed E-state index contributed by atoms with van der Waals surface area (Å²) in [6.07, 6.45) is 2.07. The summed E-state index contributed by atoms with van der Waals surface area (Å²) in [5, 5.41) is 0. The van der Waals surface area contributed by atoms with Crippen LogP contribution in [0, 0.1) is 6.92 Å². The van der Waals surface area contributed by atoms with Gasteiger partial charge in [-0.15, -0.1) is 0 Å². The Balaban J connectivity index is 2.95. The van der Waals surface area contributed by atoms with E-state index in [4.69, 9.17) is 0 Å². The molecule has 0 N–H and O–H groups in total. The zero-order valence-corrected chi connectivity index (χ0v) is 7.70. The van der Waals surface area contributed by atoms with Gasteiger partial charge in [-0.2, -0.15) is 4.57 Å². The molecular formula is C10H13N2+. The predicted octanol–water partition coefficient (Wildman–Crippen LogP) is 1.31. The zero-order chi connectivity index (χ0) is 8.72. The lowest BCUT2D eigenvalue weighted by Crippen LogP contribution is -2.27. The van der Waals surface area contributed by atoms with Gasteiger partial charge in [0.1, 0.15) is 12.6 Å². The number of fused-ring (bicyclic) bond motifs is 1. The Morgan fingerprint density at radius 2 is 2.17 bits per heavy atom. The lowest BCUT2D eigenvalue weighted by Gasteiger charge is -1.95. The van der Waals surface area contributed by atoms with E-state index in [-0.39, 0.29) is 0 Å². The maximum atomic E-state index is 2.20. The van der Waals surface area contributed by atoms with Gasteiger partial charge in [-0.1, -0.05) is 0 Å². The van der Waals surface area contributed by atoms with E-state index in [9.17, 15) is 0 Å². The highest BCUT2D eigenvalue weighted by Crippen LogP contribution is 2.12. The standard InChI is InChI=1S/C10H13N2/c1-8-7-10-9(12(8)3)5-4-6-11(10)2/h4-7H,1-3H3/q+1. The summed E-state index contributed by atoms with van der Waals surface area (Å²) in [6, 6.07) is 6.42. The van der Waals surface area contributed by atoms with Gasteiger partial charge >= 0.3 is 0 Å². The highest BCUT2D eigenvalue weighted by Gasteiger charge is 2.08. The van der Waals surface area contributed by atoms with Gasteiger partial charge in [-0.25, -0.2) is 0 Å². The van der Waals surface area contributed by atoms with E-state index in [1.807, 2.05) is 0 Å². The number of rotatable bonds is 0. The van der Waals surface area contributed by atoms with Crippen LogP contribution in [0.15, 0.2) is 24.4 Å². The van der Waals surface area contributed by atoms with Crippen molar-refractivity contribution in [2.75, 3.05) is 0 Å². The summed E-state index contributed by atoms with van der Waals surface area (Å²) < 4.78 is 4.34. The highest BCUT2D eigenvalue weighted by atomic mass is 15.0. The summed E-state index contributed by atoms with van der Waals surface area (Å²) in [4.78, 5) is 0. The van der Waals surface area contributed by atoms with Crippen molar-refractivity contribution in [2.45, 2.75) is 6.92 Å². The first-order valence-corrected chi connectivity index (χ1v) is 4.11. The highest BCUT2D eigenvalue weighted by molar-refractivity contribution is 5.73. The van der Waals surface area contributed by atoms with Crippen LogP contribution in [0.4, 0.5) is 0 Å². The molecule has 0 atom stereocenters. The van der Waals surface area contributed by atoms with Crippen molar-refractivity contribution >= 4 is 11.0 Å². The van der Waals surface area contributed by atoms with E-state index in [0.29, 0.717) is 0 Å². The molecule has 0 aliphatic carbocycles. The minimum Gasteiger partial charge on any atom is -0.343 e. The molecule has 62 valence electrons.